The molecule has 0 aliphatic heterocycles. The summed E-state index contributed by atoms with van der Waals surface area (Å²) < 4.78 is 29.4. The molecular weight excluding hydrogens is 508 g/mol. The Bertz CT molecular complexity index is 1340. The van der Waals surface area contributed by atoms with Crippen LogP contribution in [0.3, 0.4) is 0 Å². The molecule has 7 nitrogen and oxygen atoms in total. The zero-order chi connectivity index (χ0) is 25.3. The molecule has 0 spiro atoms. The number of nitrogens with one attached hydrogen (secondary N) is 2. The minimum Gasteiger partial charge on any atom is -0.480 e. The first-order valence-electron chi connectivity index (χ1n) is 11.0. The number of carboxylic acids is 1. The van der Waals surface area contributed by atoms with Crippen LogP contribution in [-0.2, 0) is 25.0 Å². The van der Waals surface area contributed by atoms with Gasteiger partial charge in [-0.1, -0.05) is 54.1 Å². The molecule has 0 saturated heterocycles. The van der Waals surface area contributed by atoms with Crippen LogP contribution in [0.25, 0.3) is 10.4 Å². The van der Waals surface area contributed by atoms with Crippen molar-refractivity contribution in [3.05, 3.63) is 77.3 Å². The molecule has 0 radical (unpaired) electrons. The third-order valence-corrected chi connectivity index (χ3v) is 9.76. The first-order chi connectivity index (χ1) is 16.6. The first kappa shape index (κ1) is 25.4. The van der Waals surface area contributed by atoms with Crippen LogP contribution < -0.4 is 10.0 Å². The smallest absolute Gasteiger partial charge is 0.325 e. The van der Waals surface area contributed by atoms with E-state index < -0.39 is 26.9 Å². The van der Waals surface area contributed by atoms with E-state index in [0.29, 0.717) is 24.4 Å². The van der Waals surface area contributed by atoms with Crippen molar-refractivity contribution in [1.82, 2.24) is 10.0 Å². The van der Waals surface area contributed by atoms with Crippen molar-refractivity contribution >= 4 is 44.8 Å². The second kappa shape index (κ2) is 9.73. The highest BCUT2D eigenvalue weighted by atomic mass is 35.5. The van der Waals surface area contributed by atoms with E-state index >= 15 is 0 Å². The van der Waals surface area contributed by atoms with Crippen LogP contribution in [0.2, 0.25) is 5.02 Å². The third kappa shape index (κ3) is 4.99. The molecule has 184 valence electrons. The second-order valence-electron chi connectivity index (χ2n) is 8.65. The molecule has 1 aliphatic rings. The molecule has 1 saturated carbocycles. The van der Waals surface area contributed by atoms with E-state index in [4.69, 9.17) is 11.6 Å². The van der Waals surface area contributed by atoms with Crippen molar-refractivity contribution in [2.24, 2.45) is 0 Å². The lowest BCUT2D eigenvalue weighted by atomic mass is 9.86. The predicted molar refractivity (Wildman–Crippen MR) is 136 cm³/mol. The Morgan fingerprint density at radius 1 is 1.06 bits per heavy atom. The quantitative estimate of drug-likeness (QED) is 0.334. The summed E-state index contributed by atoms with van der Waals surface area (Å²) >= 11 is 7.01. The minimum absolute atomic E-state index is 0.0372. The number of aliphatic carboxylic acids is 1. The van der Waals surface area contributed by atoms with Gasteiger partial charge < -0.3 is 10.4 Å². The molecule has 3 N–H and O–H groups in total. The Hall–Kier alpha value is -2.72. The summed E-state index contributed by atoms with van der Waals surface area (Å²) in [4.78, 5) is 24.6. The number of hydrogen-bond donors (Lipinski definition) is 3. The van der Waals surface area contributed by atoms with Gasteiger partial charge in [-0.25, -0.2) is 8.42 Å². The first-order valence-corrected chi connectivity index (χ1v) is 13.7. The molecule has 1 heterocycles. The summed E-state index contributed by atoms with van der Waals surface area (Å²) in [5.74, 6) is -1.40. The number of sulfonamides is 1. The molecule has 1 amide bonds. The molecular formula is C25H25ClN2O5S2. The van der Waals surface area contributed by atoms with Crippen LogP contribution in [-0.4, -0.2) is 37.5 Å². The minimum atomic E-state index is -4.13. The van der Waals surface area contributed by atoms with E-state index in [2.05, 4.69) is 10.0 Å². The second-order valence-corrected chi connectivity index (χ2v) is 12.1. The van der Waals surface area contributed by atoms with Gasteiger partial charge in [0.2, 0.25) is 5.91 Å². The molecule has 35 heavy (non-hydrogen) atoms. The number of benzene rings is 2. The van der Waals surface area contributed by atoms with Crippen molar-refractivity contribution in [2.45, 2.75) is 41.3 Å². The summed E-state index contributed by atoms with van der Waals surface area (Å²) in [6.07, 6.45) is 1.02. The number of carboxylic acid groups (broad SMARTS) is 1. The monoisotopic (exact) mass is 532 g/mol. The van der Waals surface area contributed by atoms with Gasteiger partial charge in [0.1, 0.15) is 9.75 Å². The number of thiophene rings is 1. The molecule has 4 rings (SSSR count). The van der Waals surface area contributed by atoms with Crippen LogP contribution >= 0.6 is 22.9 Å². The lowest BCUT2D eigenvalue weighted by molar-refractivity contribution is -0.140. The summed E-state index contributed by atoms with van der Waals surface area (Å²) in [5.41, 5.74) is -1.05. The fourth-order valence-electron chi connectivity index (χ4n) is 4.59. The molecule has 10 heteroatoms. The topological polar surface area (TPSA) is 113 Å². The maximum atomic E-state index is 13.4. The lowest BCUT2D eigenvalue weighted by Gasteiger charge is -2.24. The van der Waals surface area contributed by atoms with Crippen molar-refractivity contribution in [2.75, 3.05) is 6.54 Å². The zero-order valence-corrected chi connectivity index (χ0v) is 21.3. The van der Waals surface area contributed by atoms with Gasteiger partial charge in [0.25, 0.3) is 10.0 Å². The molecule has 1 aromatic heterocycles. The fraction of sp³-hybridized carbons (Fsp3) is 0.280. The summed E-state index contributed by atoms with van der Waals surface area (Å²) in [7, 11) is -4.13. The lowest BCUT2D eigenvalue weighted by Crippen LogP contribution is -2.48. The molecule has 1 aliphatic carbocycles. The van der Waals surface area contributed by atoms with E-state index in [1.54, 1.807) is 30.3 Å². The average molecular weight is 533 g/mol. The van der Waals surface area contributed by atoms with Crippen LogP contribution in [0.15, 0.2) is 70.9 Å². The van der Waals surface area contributed by atoms with E-state index in [0.717, 1.165) is 27.3 Å². The van der Waals surface area contributed by atoms with Gasteiger partial charge >= 0.3 is 5.97 Å². The van der Waals surface area contributed by atoms with Gasteiger partial charge in [0.05, 0.1) is 0 Å². The van der Waals surface area contributed by atoms with E-state index in [-0.39, 0.29) is 16.5 Å². The van der Waals surface area contributed by atoms with Gasteiger partial charge in [0, 0.05) is 28.8 Å². The Balaban J connectivity index is 1.63. The molecule has 2 aromatic carbocycles. The number of amides is 1. The van der Waals surface area contributed by atoms with Crippen LogP contribution in [0.4, 0.5) is 0 Å². The summed E-state index contributed by atoms with van der Waals surface area (Å²) in [6.45, 7) is 1.79. The van der Waals surface area contributed by atoms with Crippen molar-refractivity contribution in [3.63, 3.8) is 0 Å². The SMILES string of the molecule is CC(=O)NCCCC1(c2ccccc2)CC1(NS(=O)(=O)c1ccc(-c2ccc(Cl)cc2)s1)C(=O)O. The van der Waals surface area contributed by atoms with E-state index in [1.807, 2.05) is 30.3 Å². The summed E-state index contributed by atoms with van der Waals surface area (Å²) in [6, 6.07) is 19.3. The normalized spacial score (nSPS) is 21.4. The Morgan fingerprint density at radius 3 is 2.37 bits per heavy atom. The molecule has 1 fully saturated rings. The van der Waals surface area contributed by atoms with Crippen LogP contribution in [0.5, 0.6) is 0 Å². The molecule has 3 aromatic rings. The van der Waals surface area contributed by atoms with Crippen LogP contribution in [0, 0.1) is 0 Å². The highest BCUT2D eigenvalue weighted by Crippen LogP contribution is 2.61. The number of halogens is 1. The molecule has 2 unspecified atom stereocenters. The predicted octanol–water partition coefficient (Wildman–Crippen LogP) is 4.43. The van der Waals surface area contributed by atoms with Crippen molar-refractivity contribution in [1.29, 1.82) is 0 Å². The number of hydrogen-bond acceptors (Lipinski definition) is 5. The van der Waals surface area contributed by atoms with Gasteiger partial charge in [-0.3, -0.25) is 9.59 Å². The summed E-state index contributed by atoms with van der Waals surface area (Å²) in [5, 5.41) is 13.6. The van der Waals surface area contributed by atoms with Gasteiger partial charge in [-0.05, 0) is 54.7 Å². The number of carbonyl (C=O) groups is 2. The molecule has 0 bridgehead atoms. The van der Waals surface area contributed by atoms with Gasteiger partial charge in [-0.15, -0.1) is 11.3 Å². The maximum absolute atomic E-state index is 13.4. The largest absolute Gasteiger partial charge is 0.480 e. The third-order valence-electron chi connectivity index (χ3n) is 6.39. The van der Waals surface area contributed by atoms with Crippen LogP contribution in [0.1, 0.15) is 31.7 Å². The van der Waals surface area contributed by atoms with Gasteiger partial charge in [0.15, 0.2) is 0 Å². The molecule has 2 atom stereocenters. The van der Waals surface area contributed by atoms with Crippen molar-refractivity contribution in [3.8, 4) is 10.4 Å². The van der Waals surface area contributed by atoms with Gasteiger partial charge in [-0.2, -0.15) is 4.72 Å². The fourth-order valence-corrected chi connectivity index (χ4v) is 7.45. The van der Waals surface area contributed by atoms with Crippen molar-refractivity contribution < 1.29 is 23.1 Å². The number of carbonyl (C=O) groups excluding carboxylic acids is 1. The standard InChI is InChI=1S/C25H25ClN2O5S2/c1-17(29)27-15-5-14-24(19-6-3-2-4-7-19)16-25(24,23(30)31)28-35(32,33)22-13-12-21(34-22)18-8-10-20(26)11-9-18/h2-4,6-13,28H,5,14-16H2,1H3,(H,27,29)(H,30,31). The average Bonchev–Trinajstić information content (AvgIpc) is 3.19. The van der Waals surface area contributed by atoms with E-state index in [1.165, 1.54) is 13.0 Å². The Labute approximate surface area is 213 Å². The highest BCUT2D eigenvalue weighted by Gasteiger charge is 2.74. The zero-order valence-electron chi connectivity index (χ0n) is 19.0. The number of rotatable bonds is 10. The van der Waals surface area contributed by atoms with E-state index in [9.17, 15) is 23.1 Å². The highest BCUT2D eigenvalue weighted by molar-refractivity contribution is 7.91. The Morgan fingerprint density at radius 2 is 1.74 bits per heavy atom. The maximum Gasteiger partial charge on any atom is 0.325 e. The Kier molecular flexibility index (Phi) is 7.06.